The van der Waals surface area contributed by atoms with Crippen molar-refractivity contribution in [2.24, 2.45) is 0 Å². The SMILES string of the molecule is COc1cccc(NS(=O)(=O)c2cccc(C(=O)N(C)C)c2)c1. The van der Waals surface area contributed by atoms with Gasteiger partial charge in [-0.2, -0.15) is 0 Å². The van der Waals surface area contributed by atoms with Crippen LogP contribution >= 0.6 is 0 Å². The number of nitrogens with one attached hydrogen (secondary N) is 1. The highest BCUT2D eigenvalue weighted by molar-refractivity contribution is 7.92. The van der Waals surface area contributed by atoms with E-state index in [1.54, 1.807) is 44.4 Å². The molecule has 2 aromatic carbocycles. The van der Waals surface area contributed by atoms with Crippen molar-refractivity contribution in [2.45, 2.75) is 4.90 Å². The van der Waals surface area contributed by atoms with Crippen LogP contribution in [0.2, 0.25) is 0 Å². The number of ether oxygens (including phenoxy) is 1. The zero-order valence-electron chi connectivity index (χ0n) is 13.1. The summed E-state index contributed by atoms with van der Waals surface area (Å²) >= 11 is 0. The van der Waals surface area contributed by atoms with E-state index in [4.69, 9.17) is 4.74 Å². The molecule has 0 atom stereocenters. The van der Waals surface area contributed by atoms with Gasteiger partial charge in [-0.25, -0.2) is 8.42 Å². The molecule has 0 saturated carbocycles. The molecule has 7 heteroatoms. The van der Waals surface area contributed by atoms with Crippen LogP contribution in [-0.4, -0.2) is 40.4 Å². The van der Waals surface area contributed by atoms with Crippen molar-refractivity contribution < 1.29 is 17.9 Å². The van der Waals surface area contributed by atoms with Gasteiger partial charge in [0, 0.05) is 25.7 Å². The van der Waals surface area contributed by atoms with Gasteiger partial charge < -0.3 is 9.64 Å². The van der Waals surface area contributed by atoms with Crippen LogP contribution < -0.4 is 9.46 Å². The first-order valence-electron chi connectivity index (χ1n) is 6.82. The number of rotatable bonds is 5. The van der Waals surface area contributed by atoms with Gasteiger partial charge in [0.2, 0.25) is 0 Å². The molecule has 0 aliphatic rings. The molecule has 0 heterocycles. The van der Waals surface area contributed by atoms with Gasteiger partial charge in [-0.15, -0.1) is 0 Å². The van der Waals surface area contributed by atoms with Crippen LogP contribution in [0.4, 0.5) is 5.69 Å². The average molecular weight is 334 g/mol. The molecule has 0 bridgehead atoms. The zero-order valence-corrected chi connectivity index (χ0v) is 13.9. The molecule has 1 N–H and O–H groups in total. The van der Waals surface area contributed by atoms with Crippen LogP contribution in [0.15, 0.2) is 53.4 Å². The van der Waals surface area contributed by atoms with E-state index >= 15 is 0 Å². The molecule has 2 aromatic rings. The third kappa shape index (κ3) is 4.01. The number of anilines is 1. The largest absolute Gasteiger partial charge is 0.497 e. The number of amides is 1. The minimum Gasteiger partial charge on any atom is -0.497 e. The summed E-state index contributed by atoms with van der Waals surface area (Å²) in [5.74, 6) is 0.283. The van der Waals surface area contributed by atoms with E-state index in [-0.39, 0.29) is 10.8 Å². The van der Waals surface area contributed by atoms with Crippen LogP contribution in [0.3, 0.4) is 0 Å². The Morgan fingerprint density at radius 3 is 2.43 bits per heavy atom. The van der Waals surface area contributed by atoms with E-state index in [0.717, 1.165) is 0 Å². The molecule has 0 aliphatic carbocycles. The van der Waals surface area contributed by atoms with Gasteiger partial charge in [0.1, 0.15) is 5.75 Å². The van der Waals surface area contributed by atoms with Crippen LogP contribution in [0, 0.1) is 0 Å². The van der Waals surface area contributed by atoms with E-state index in [2.05, 4.69) is 4.72 Å². The molecule has 0 spiro atoms. The molecular weight excluding hydrogens is 316 g/mol. The highest BCUT2D eigenvalue weighted by Crippen LogP contribution is 2.21. The fourth-order valence-electron chi connectivity index (χ4n) is 1.96. The Balaban J connectivity index is 2.32. The summed E-state index contributed by atoms with van der Waals surface area (Å²) in [6, 6.07) is 12.5. The monoisotopic (exact) mass is 334 g/mol. The maximum atomic E-state index is 12.5. The van der Waals surface area contributed by atoms with Crippen molar-refractivity contribution in [1.82, 2.24) is 4.90 Å². The first-order valence-corrected chi connectivity index (χ1v) is 8.30. The number of nitrogens with zero attached hydrogens (tertiary/aromatic N) is 1. The molecule has 23 heavy (non-hydrogen) atoms. The van der Waals surface area contributed by atoms with Crippen molar-refractivity contribution in [3.8, 4) is 5.75 Å². The molecule has 0 saturated heterocycles. The fraction of sp³-hybridized carbons (Fsp3) is 0.188. The van der Waals surface area contributed by atoms with E-state index in [1.165, 1.54) is 30.2 Å². The lowest BCUT2D eigenvalue weighted by Crippen LogP contribution is -2.22. The van der Waals surface area contributed by atoms with Crippen LogP contribution in [-0.2, 0) is 10.0 Å². The Hall–Kier alpha value is -2.54. The normalized spacial score (nSPS) is 10.9. The molecule has 122 valence electrons. The summed E-state index contributed by atoms with van der Waals surface area (Å²) in [7, 11) is 0.926. The molecule has 0 aliphatic heterocycles. The molecular formula is C16H18N2O4S. The molecule has 0 aromatic heterocycles. The first kappa shape index (κ1) is 16.8. The lowest BCUT2D eigenvalue weighted by Gasteiger charge is -2.12. The first-order chi connectivity index (χ1) is 10.8. The lowest BCUT2D eigenvalue weighted by atomic mass is 10.2. The van der Waals surface area contributed by atoms with Crippen molar-refractivity contribution in [1.29, 1.82) is 0 Å². The topological polar surface area (TPSA) is 75.7 Å². The molecule has 2 rings (SSSR count). The Kier molecular flexibility index (Phi) is 4.90. The number of sulfonamides is 1. The predicted octanol–water partition coefficient (Wildman–Crippen LogP) is 2.20. The van der Waals surface area contributed by atoms with Crippen molar-refractivity contribution in [3.05, 3.63) is 54.1 Å². The maximum absolute atomic E-state index is 12.5. The van der Waals surface area contributed by atoms with E-state index in [9.17, 15) is 13.2 Å². The Labute approximate surface area is 135 Å². The quantitative estimate of drug-likeness (QED) is 0.909. The second-order valence-electron chi connectivity index (χ2n) is 5.06. The number of carbonyl (C=O) groups excluding carboxylic acids is 1. The van der Waals surface area contributed by atoms with Crippen LogP contribution in [0.25, 0.3) is 0 Å². The Morgan fingerprint density at radius 1 is 1.09 bits per heavy atom. The second kappa shape index (κ2) is 6.70. The van der Waals surface area contributed by atoms with Gasteiger partial charge in [-0.05, 0) is 30.3 Å². The smallest absolute Gasteiger partial charge is 0.261 e. The van der Waals surface area contributed by atoms with Crippen LogP contribution in [0.1, 0.15) is 10.4 Å². The zero-order chi connectivity index (χ0) is 17.0. The second-order valence-corrected chi connectivity index (χ2v) is 6.75. The molecule has 1 amide bonds. The highest BCUT2D eigenvalue weighted by atomic mass is 32.2. The maximum Gasteiger partial charge on any atom is 0.261 e. The van der Waals surface area contributed by atoms with Gasteiger partial charge >= 0.3 is 0 Å². The summed E-state index contributed by atoms with van der Waals surface area (Å²) in [6.45, 7) is 0. The Bertz CT molecular complexity index is 816. The van der Waals surface area contributed by atoms with Gasteiger partial charge in [0.25, 0.3) is 15.9 Å². The number of hydrogen-bond donors (Lipinski definition) is 1. The van der Waals surface area contributed by atoms with Gasteiger partial charge in [-0.3, -0.25) is 9.52 Å². The summed E-state index contributed by atoms with van der Waals surface area (Å²) in [5, 5.41) is 0. The number of methoxy groups -OCH3 is 1. The Morgan fingerprint density at radius 2 is 1.78 bits per heavy atom. The summed E-state index contributed by atoms with van der Waals surface area (Å²) in [4.78, 5) is 13.4. The highest BCUT2D eigenvalue weighted by Gasteiger charge is 2.17. The lowest BCUT2D eigenvalue weighted by molar-refractivity contribution is 0.0827. The van der Waals surface area contributed by atoms with Crippen molar-refractivity contribution in [2.75, 3.05) is 25.9 Å². The number of carbonyl (C=O) groups is 1. The van der Waals surface area contributed by atoms with Crippen molar-refractivity contribution in [3.63, 3.8) is 0 Å². The summed E-state index contributed by atoms with van der Waals surface area (Å²) < 4.78 is 32.5. The standard InChI is InChI=1S/C16H18N2O4S/c1-18(2)16(19)12-6-4-9-15(10-12)23(20,21)17-13-7-5-8-14(11-13)22-3/h4-11,17H,1-3H3. The van der Waals surface area contributed by atoms with E-state index < -0.39 is 10.0 Å². The molecule has 0 unspecified atom stereocenters. The molecule has 0 radical (unpaired) electrons. The number of hydrogen-bond acceptors (Lipinski definition) is 4. The minimum absolute atomic E-state index is 0.0213. The fourth-order valence-corrected chi connectivity index (χ4v) is 3.05. The van der Waals surface area contributed by atoms with Gasteiger partial charge in [0.15, 0.2) is 0 Å². The average Bonchev–Trinajstić information content (AvgIpc) is 2.54. The summed E-state index contributed by atoms with van der Waals surface area (Å²) in [6.07, 6.45) is 0. The van der Waals surface area contributed by atoms with Crippen molar-refractivity contribution >= 4 is 21.6 Å². The van der Waals surface area contributed by atoms with Gasteiger partial charge in [-0.1, -0.05) is 12.1 Å². The van der Waals surface area contributed by atoms with E-state index in [1.807, 2.05) is 0 Å². The minimum atomic E-state index is -3.80. The number of benzene rings is 2. The molecule has 0 fully saturated rings. The van der Waals surface area contributed by atoms with Crippen LogP contribution in [0.5, 0.6) is 5.75 Å². The van der Waals surface area contributed by atoms with Gasteiger partial charge in [0.05, 0.1) is 17.7 Å². The van der Waals surface area contributed by atoms with E-state index in [0.29, 0.717) is 17.0 Å². The molecule has 6 nitrogen and oxygen atoms in total. The summed E-state index contributed by atoms with van der Waals surface area (Å²) in [5.41, 5.74) is 0.692. The predicted molar refractivity (Wildman–Crippen MR) is 88.3 cm³/mol. The third-order valence-corrected chi connectivity index (χ3v) is 4.50. The third-order valence-electron chi connectivity index (χ3n) is 3.12.